The first-order valence-corrected chi connectivity index (χ1v) is 4.27. The van der Waals surface area contributed by atoms with Gasteiger partial charge in [-0.15, -0.1) is 0 Å². The molecule has 1 aromatic heterocycles. The summed E-state index contributed by atoms with van der Waals surface area (Å²) in [5.74, 6) is 0. The summed E-state index contributed by atoms with van der Waals surface area (Å²) in [7, 11) is 1.67. The number of anilines is 1. The third kappa shape index (κ3) is 1.96. The van der Waals surface area contributed by atoms with Gasteiger partial charge in [0.05, 0.1) is 12.2 Å². The number of aromatic amines is 1. The number of nitrogens with two attached hydrogens (primary N) is 1. The lowest BCUT2D eigenvalue weighted by atomic mass is 10.1. The molecule has 1 heterocycles. The Kier molecular flexibility index (Phi) is 3.22. The highest BCUT2D eigenvalue weighted by Crippen LogP contribution is 2.17. The summed E-state index contributed by atoms with van der Waals surface area (Å²) in [5.41, 5.74) is 13.7. The van der Waals surface area contributed by atoms with Crippen molar-refractivity contribution in [2.45, 2.75) is 20.1 Å². The van der Waals surface area contributed by atoms with E-state index in [0.717, 1.165) is 29.1 Å². The van der Waals surface area contributed by atoms with E-state index < -0.39 is 0 Å². The van der Waals surface area contributed by atoms with Crippen LogP contribution in [0, 0.1) is 6.92 Å². The van der Waals surface area contributed by atoms with Crippen molar-refractivity contribution in [3.05, 3.63) is 23.0 Å². The summed E-state index contributed by atoms with van der Waals surface area (Å²) in [6, 6.07) is 0. The molecule has 0 unspecified atom stereocenters. The molecule has 0 aliphatic carbocycles. The number of hydrogen-bond donors (Lipinski definition) is 2. The summed E-state index contributed by atoms with van der Waals surface area (Å²) in [4.78, 5) is 3.10. The van der Waals surface area contributed by atoms with E-state index in [1.54, 1.807) is 7.11 Å². The molecule has 0 saturated carbocycles. The number of nitrogen functional groups attached to an aromatic ring is 1. The van der Waals surface area contributed by atoms with Crippen molar-refractivity contribution in [2.75, 3.05) is 12.8 Å². The predicted octanol–water partition coefficient (Wildman–Crippen LogP) is -0.720. The van der Waals surface area contributed by atoms with E-state index in [0.29, 0.717) is 6.61 Å². The van der Waals surface area contributed by atoms with Crippen LogP contribution in [0.2, 0.25) is 0 Å². The lowest BCUT2D eigenvalue weighted by Crippen LogP contribution is -2.48. The molecule has 0 bridgehead atoms. The maximum Gasteiger partial charge on any atom is 0.200 e. The molecule has 0 atom stereocenters. The number of rotatable bonds is 3. The predicted molar refractivity (Wildman–Crippen MR) is 49.5 cm³/mol. The lowest BCUT2D eigenvalue weighted by molar-refractivity contribution is -0.404. The summed E-state index contributed by atoms with van der Waals surface area (Å²) in [5, 5.41) is 0. The Balaban J connectivity index is 3.15. The molecule has 72 valence electrons. The van der Waals surface area contributed by atoms with Crippen LogP contribution in [0.5, 0.6) is 0 Å². The lowest BCUT2D eigenvalue weighted by Gasteiger charge is -2.06. The number of nitrogens with one attached hydrogen (secondary N) is 1. The van der Waals surface area contributed by atoms with E-state index in [1.807, 2.05) is 13.1 Å². The highest BCUT2D eigenvalue weighted by molar-refractivity contribution is 5.50. The fourth-order valence-corrected chi connectivity index (χ4v) is 1.30. The van der Waals surface area contributed by atoms with Crippen LogP contribution < -0.4 is 16.5 Å². The molecular weight excluding hydrogens is 166 g/mol. The first-order chi connectivity index (χ1) is 6.20. The van der Waals surface area contributed by atoms with E-state index >= 15 is 0 Å². The number of methoxy groups -OCH3 is 1. The van der Waals surface area contributed by atoms with Gasteiger partial charge in [-0.3, -0.25) is 0 Å². The molecule has 0 spiro atoms. The third-order valence-corrected chi connectivity index (χ3v) is 2.14. The van der Waals surface area contributed by atoms with E-state index in [4.69, 9.17) is 10.5 Å². The largest absolute Gasteiger partial charge is 0.393 e. The molecule has 1 aromatic rings. The van der Waals surface area contributed by atoms with E-state index in [-0.39, 0.29) is 0 Å². The second kappa shape index (κ2) is 4.20. The van der Waals surface area contributed by atoms with Crippen LogP contribution in [-0.4, -0.2) is 7.11 Å². The number of quaternary nitrogens is 1. The maximum absolute atomic E-state index is 5.91. The molecular formula is C9H17N3O+2. The first-order valence-electron chi connectivity index (χ1n) is 4.27. The number of H-pyrrole nitrogens is 1. The van der Waals surface area contributed by atoms with E-state index in [9.17, 15) is 0 Å². The minimum atomic E-state index is 0.548. The van der Waals surface area contributed by atoms with Gasteiger partial charge in [-0.05, 0) is 0 Å². The van der Waals surface area contributed by atoms with Crippen LogP contribution in [0.4, 0.5) is 5.69 Å². The van der Waals surface area contributed by atoms with Crippen molar-refractivity contribution in [1.82, 2.24) is 0 Å². The Morgan fingerprint density at radius 2 is 2.31 bits per heavy atom. The Morgan fingerprint density at radius 1 is 1.62 bits per heavy atom. The van der Waals surface area contributed by atoms with Crippen LogP contribution in [0.15, 0.2) is 6.20 Å². The van der Waals surface area contributed by atoms with Crippen LogP contribution >= 0.6 is 0 Å². The molecule has 1 rings (SSSR count). The molecule has 6 N–H and O–H groups in total. The van der Waals surface area contributed by atoms with Gasteiger partial charge >= 0.3 is 0 Å². The zero-order valence-corrected chi connectivity index (χ0v) is 8.18. The minimum absolute atomic E-state index is 0.548. The van der Waals surface area contributed by atoms with Gasteiger partial charge in [0.25, 0.3) is 0 Å². The van der Waals surface area contributed by atoms with Gasteiger partial charge in [0.15, 0.2) is 11.9 Å². The van der Waals surface area contributed by atoms with Gasteiger partial charge in [-0.2, -0.15) is 0 Å². The number of aromatic nitrogens is 1. The van der Waals surface area contributed by atoms with Gasteiger partial charge in [-0.1, -0.05) is 0 Å². The molecule has 4 nitrogen and oxygen atoms in total. The first kappa shape index (κ1) is 9.95. The van der Waals surface area contributed by atoms with Gasteiger partial charge in [0.2, 0.25) is 0 Å². The van der Waals surface area contributed by atoms with Gasteiger partial charge in [-0.25, -0.2) is 4.98 Å². The Labute approximate surface area is 77.9 Å². The fraction of sp³-hybridized carbons (Fsp3) is 0.444. The smallest absolute Gasteiger partial charge is 0.200 e. The van der Waals surface area contributed by atoms with E-state index in [2.05, 4.69) is 10.7 Å². The average Bonchev–Trinajstić information content (AvgIpc) is 2.14. The molecule has 13 heavy (non-hydrogen) atoms. The molecule has 4 heteroatoms. The highest BCUT2D eigenvalue weighted by atomic mass is 16.5. The summed E-state index contributed by atoms with van der Waals surface area (Å²) in [6.07, 6.45) is 1.94. The standard InChI is InChI=1S/C9H15N3O/c1-6-9(11)8(5-13-2)7(3-10)4-12-6/h4H,3,5,10-11H2,1-2H3/p+2. The minimum Gasteiger partial charge on any atom is -0.393 e. The summed E-state index contributed by atoms with van der Waals surface area (Å²) in [6.45, 7) is 3.22. The number of ether oxygens (including phenoxy) is 1. The quantitative estimate of drug-likeness (QED) is 0.648. The summed E-state index contributed by atoms with van der Waals surface area (Å²) >= 11 is 0. The third-order valence-electron chi connectivity index (χ3n) is 2.14. The molecule has 0 aliphatic heterocycles. The molecule has 0 amide bonds. The molecule has 0 saturated heterocycles. The van der Waals surface area contributed by atoms with Crippen molar-refractivity contribution >= 4 is 5.69 Å². The number of hydrogen-bond acceptors (Lipinski definition) is 2. The Morgan fingerprint density at radius 3 is 2.85 bits per heavy atom. The molecule has 0 radical (unpaired) electrons. The normalized spacial score (nSPS) is 10.4. The number of pyridine rings is 1. The second-order valence-corrected chi connectivity index (χ2v) is 3.01. The average molecular weight is 183 g/mol. The highest BCUT2D eigenvalue weighted by Gasteiger charge is 2.13. The second-order valence-electron chi connectivity index (χ2n) is 3.01. The van der Waals surface area contributed by atoms with Gasteiger partial charge in [0.1, 0.15) is 12.2 Å². The van der Waals surface area contributed by atoms with Crippen molar-refractivity contribution in [3.8, 4) is 0 Å². The molecule has 0 aliphatic rings. The van der Waals surface area contributed by atoms with Crippen LogP contribution in [0.3, 0.4) is 0 Å². The Bertz CT molecular complexity index is 299. The monoisotopic (exact) mass is 183 g/mol. The SMILES string of the molecule is COCc1c(C[NH3+])c[nH+]c(C)c1N. The van der Waals surface area contributed by atoms with Gasteiger partial charge in [0, 0.05) is 19.6 Å². The number of aryl methyl sites for hydroxylation is 1. The zero-order chi connectivity index (χ0) is 9.84. The van der Waals surface area contributed by atoms with Crippen LogP contribution in [0.25, 0.3) is 0 Å². The maximum atomic E-state index is 5.91. The van der Waals surface area contributed by atoms with Crippen molar-refractivity contribution in [3.63, 3.8) is 0 Å². The zero-order valence-electron chi connectivity index (χ0n) is 8.18. The Hall–Kier alpha value is -1.13. The molecule has 0 aromatic carbocycles. The summed E-state index contributed by atoms with van der Waals surface area (Å²) < 4.78 is 5.08. The van der Waals surface area contributed by atoms with Crippen LogP contribution in [-0.2, 0) is 17.9 Å². The van der Waals surface area contributed by atoms with Gasteiger partial charge < -0.3 is 16.2 Å². The van der Waals surface area contributed by atoms with Crippen molar-refractivity contribution in [2.24, 2.45) is 0 Å². The van der Waals surface area contributed by atoms with Crippen LogP contribution in [0.1, 0.15) is 16.8 Å². The van der Waals surface area contributed by atoms with Crippen molar-refractivity contribution in [1.29, 1.82) is 0 Å². The topological polar surface area (TPSA) is 77.0 Å². The van der Waals surface area contributed by atoms with E-state index in [1.165, 1.54) is 0 Å². The van der Waals surface area contributed by atoms with Crippen molar-refractivity contribution < 1.29 is 15.5 Å². The fourth-order valence-electron chi connectivity index (χ4n) is 1.30. The molecule has 0 fully saturated rings.